The summed E-state index contributed by atoms with van der Waals surface area (Å²) in [5.74, 6) is -0.106. The van der Waals surface area contributed by atoms with Crippen LogP contribution in [0.2, 0.25) is 5.02 Å². The van der Waals surface area contributed by atoms with E-state index in [4.69, 9.17) is 11.6 Å². The molecule has 1 aliphatic heterocycles. The van der Waals surface area contributed by atoms with Crippen LogP contribution in [0.5, 0.6) is 0 Å². The second-order valence-corrected chi connectivity index (χ2v) is 5.83. The van der Waals surface area contributed by atoms with Gasteiger partial charge in [0.2, 0.25) is 0 Å². The van der Waals surface area contributed by atoms with Crippen LogP contribution in [-0.4, -0.2) is 17.9 Å². The molecule has 6 heteroatoms. The highest BCUT2D eigenvalue weighted by Crippen LogP contribution is 2.25. The normalized spacial score (nSPS) is 17.7. The van der Waals surface area contributed by atoms with Crippen LogP contribution in [0.15, 0.2) is 54.1 Å². The van der Waals surface area contributed by atoms with Crippen molar-refractivity contribution in [3.63, 3.8) is 0 Å². The van der Waals surface area contributed by atoms with Crippen molar-refractivity contribution in [2.75, 3.05) is 4.90 Å². The molecule has 1 unspecified atom stereocenters. The first-order valence-corrected chi connectivity index (χ1v) is 7.52. The molecule has 4 nitrogen and oxygen atoms in total. The highest BCUT2D eigenvalue weighted by Gasteiger charge is 2.32. The van der Waals surface area contributed by atoms with Gasteiger partial charge in [0.1, 0.15) is 6.04 Å². The van der Waals surface area contributed by atoms with Gasteiger partial charge >= 0.3 is 6.03 Å². The molecule has 0 saturated carbocycles. The van der Waals surface area contributed by atoms with Crippen LogP contribution in [0.3, 0.4) is 0 Å². The number of anilines is 1. The van der Waals surface area contributed by atoms with E-state index in [2.05, 4.69) is 5.32 Å². The van der Waals surface area contributed by atoms with E-state index in [0.29, 0.717) is 15.6 Å². The van der Waals surface area contributed by atoms with Crippen molar-refractivity contribution in [2.45, 2.75) is 6.04 Å². The Balaban J connectivity index is 1.98. The van der Waals surface area contributed by atoms with Gasteiger partial charge in [-0.1, -0.05) is 17.7 Å². The first-order chi connectivity index (χ1) is 10.2. The smallest absolute Gasteiger partial charge is 0.314 e. The van der Waals surface area contributed by atoms with Gasteiger partial charge in [-0.2, -0.15) is 0 Å². The highest BCUT2D eigenvalue weighted by atomic mass is 35.5. The van der Waals surface area contributed by atoms with Crippen LogP contribution in [0.1, 0.15) is 9.67 Å². The molecule has 0 aliphatic carbocycles. The molecule has 0 fully saturated rings. The summed E-state index contributed by atoms with van der Waals surface area (Å²) < 4.78 is 0. The molecule has 3 rings (SSSR count). The summed E-state index contributed by atoms with van der Waals surface area (Å²) in [6, 6.07) is 9.40. The minimum absolute atomic E-state index is 0.106. The number of ketones is 1. The minimum Gasteiger partial charge on any atom is -0.314 e. The third-order valence-electron chi connectivity index (χ3n) is 3.12. The monoisotopic (exact) mass is 318 g/mol. The average molecular weight is 319 g/mol. The highest BCUT2D eigenvalue weighted by molar-refractivity contribution is 7.12. The van der Waals surface area contributed by atoms with Crippen LogP contribution in [0.4, 0.5) is 10.5 Å². The number of hydrogen-bond acceptors (Lipinski definition) is 3. The Labute approximate surface area is 130 Å². The maximum atomic E-state index is 12.6. The standard InChI is InChI=1S/C15H11ClN2O2S/c16-10-3-5-11(6-4-10)18-12(7-8-17-15(18)20)14(19)13-2-1-9-21-13/h1-9,12H,(H,17,20). The van der Waals surface area contributed by atoms with Gasteiger partial charge in [0.15, 0.2) is 5.78 Å². The van der Waals surface area contributed by atoms with E-state index in [1.54, 1.807) is 36.4 Å². The van der Waals surface area contributed by atoms with Gasteiger partial charge in [0.05, 0.1) is 4.88 Å². The Kier molecular flexibility index (Phi) is 3.77. The molecule has 1 N–H and O–H groups in total. The second-order valence-electron chi connectivity index (χ2n) is 4.44. The van der Waals surface area contributed by atoms with Crippen LogP contribution in [-0.2, 0) is 0 Å². The molecule has 2 aromatic rings. The van der Waals surface area contributed by atoms with Gasteiger partial charge in [-0.05, 0) is 41.8 Å². The van der Waals surface area contributed by atoms with Crippen LogP contribution < -0.4 is 10.2 Å². The molecule has 1 aromatic heterocycles. The first kappa shape index (κ1) is 13.9. The SMILES string of the molecule is O=C(c1cccs1)C1C=CNC(=O)N1c1ccc(Cl)cc1. The zero-order valence-corrected chi connectivity index (χ0v) is 12.4. The Morgan fingerprint density at radius 2 is 2.00 bits per heavy atom. The van der Waals surface area contributed by atoms with Crippen molar-refractivity contribution >= 4 is 40.4 Å². The number of amides is 2. The number of rotatable bonds is 3. The summed E-state index contributed by atoms with van der Waals surface area (Å²) in [6.45, 7) is 0. The third kappa shape index (κ3) is 2.70. The van der Waals surface area contributed by atoms with Crippen molar-refractivity contribution < 1.29 is 9.59 Å². The summed E-state index contributed by atoms with van der Waals surface area (Å²) in [7, 11) is 0. The maximum absolute atomic E-state index is 12.6. The molecule has 2 heterocycles. The molecule has 0 spiro atoms. The number of Topliss-reactive ketones (excluding diaryl/α,β-unsaturated/α-hetero) is 1. The predicted octanol–water partition coefficient (Wildman–Crippen LogP) is 3.70. The molecule has 0 saturated heterocycles. The number of carbonyl (C=O) groups excluding carboxylic acids is 2. The molecule has 0 radical (unpaired) electrons. The van der Waals surface area contributed by atoms with Crippen LogP contribution in [0.25, 0.3) is 0 Å². The van der Waals surface area contributed by atoms with Gasteiger partial charge in [0, 0.05) is 16.9 Å². The van der Waals surface area contributed by atoms with Gasteiger partial charge in [0.25, 0.3) is 0 Å². The van der Waals surface area contributed by atoms with E-state index in [1.165, 1.54) is 22.4 Å². The molecule has 0 bridgehead atoms. The zero-order valence-electron chi connectivity index (χ0n) is 10.8. The Bertz CT molecular complexity index is 695. The topological polar surface area (TPSA) is 49.4 Å². The second kappa shape index (κ2) is 5.71. The lowest BCUT2D eigenvalue weighted by molar-refractivity contribution is 0.0978. The summed E-state index contributed by atoms with van der Waals surface area (Å²) in [5.41, 5.74) is 0.621. The lowest BCUT2D eigenvalue weighted by atomic mass is 10.1. The summed E-state index contributed by atoms with van der Waals surface area (Å²) in [4.78, 5) is 26.8. The van der Waals surface area contributed by atoms with Crippen molar-refractivity contribution in [2.24, 2.45) is 0 Å². The predicted molar refractivity (Wildman–Crippen MR) is 84.0 cm³/mol. The summed E-state index contributed by atoms with van der Waals surface area (Å²) in [5, 5.41) is 5.02. The zero-order chi connectivity index (χ0) is 14.8. The summed E-state index contributed by atoms with van der Waals surface area (Å²) >= 11 is 7.23. The van der Waals surface area contributed by atoms with Crippen LogP contribution >= 0.6 is 22.9 Å². The fraction of sp³-hybridized carbons (Fsp3) is 0.0667. The van der Waals surface area contributed by atoms with Crippen molar-refractivity contribution in [1.29, 1.82) is 0 Å². The average Bonchev–Trinajstić information content (AvgIpc) is 3.02. The van der Waals surface area contributed by atoms with E-state index in [9.17, 15) is 9.59 Å². The quantitative estimate of drug-likeness (QED) is 0.877. The molecule has 106 valence electrons. The molecular formula is C15H11ClN2O2S. The largest absolute Gasteiger partial charge is 0.326 e. The van der Waals surface area contributed by atoms with Gasteiger partial charge in [-0.15, -0.1) is 11.3 Å². The number of carbonyl (C=O) groups is 2. The number of nitrogens with one attached hydrogen (secondary N) is 1. The van der Waals surface area contributed by atoms with Crippen molar-refractivity contribution in [3.8, 4) is 0 Å². The third-order valence-corrected chi connectivity index (χ3v) is 4.26. The molecular weight excluding hydrogens is 308 g/mol. The number of halogens is 1. The van der Waals surface area contributed by atoms with Gasteiger partial charge in [-0.3, -0.25) is 9.69 Å². The lowest BCUT2D eigenvalue weighted by Gasteiger charge is -2.31. The number of thiophene rings is 1. The molecule has 21 heavy (non-hydrogen) atoms. The fourth-order valence-corrected chi connectivity index (χ4v) is 2.96. The van der Waals surface area contributed by atoms with Crippen LogP contribution in [0, 0.1) is 0 Å². The minimum atomic E-state index is -0.654. The molecule has 1 aliphatic rings. The Morgan fingerprint density at radius 1 is 1.24 bits per heavy atom. The van der Waals surface area contributed by atoms with Crippen molar-refractivity contribution in [3.05, 3.63) is 64.0 Å². The van der Waals surface area contributed by atoms with Crippen molar-refractivity contribution in [1.82, 2.24) is 5.32 Å². The van der Waals surface area contributed by atoms with E-state index in [1.807, 2.05) is 11.4 Å². The molecule has 2 amide bonds. The van der Waals surface area contributed by atoms with Gasteiger partial charge in [-0.25, -0.2) is 4.79 Å². The Morgan fingerprint density at radius 3 is 2.67 bits per heavy atom. The fourth-order valence-electron chi connectivity index (χ4n) is 2.14. The number of nitrogens with zero attached hydrogens (tertiary/aromatic N) is 1. The molecule has 1 atom stereocenters. The Hall–Kier alpha value is -2.11. The van der Waals surface area contributed by atoms with E-state index < -0.39 is 6.04 Å². The van der Waals surface area contributed by atoms with E-state index >= 15 is 0 Å². The van der Waals surface area contributed by atoms with Gasteiger partial charge < -0.3 is 5.32 Å². The van der Waals surface area contributed by atoms with E-state index in [-0.39, 0.29) is 11.8 Å². The number of hydrogen-bond donors (Lipinski definition) is 1. The van der Waals surface area contributed by atoms with E-state index in [0.717, 1.165) is 0 Å². The summed E-state index contributed by atoms with van der Waals surface area (Å²) in [6.07, 6.45) is 3.18. The molecule has 1 aromatic carbocycles. The maximum Gasteiger partial charge on any atom is 0.326 e. The lowest BCUT2D eigenvalue weighted by Crippen LogP contribution is -2.50. The first-order valence-electron chi connectivity index (χ1n) is 6.26. The number of urea groups is 1. The number of benzene rings is 1.